The van der Waals surface area contributed by atoms with Gasteiger partial charge in [-0.2, -0.15) is 0 Å². The van der Waals surface area contributed by atoms with Gasteiger partial charge in [-0.3, -0.25) is 11.8 Å². The number of rotatable bonds is 5. The van der Waals surface area contributed by atoms with Crippen molar-refractivity contribution in [1.82, 2.24) is 0 Å². The minimum atomic E-state index is -3.62. The minimum absolute atomic E-state index is 0. The van der Waals surface area contributed by atoms with Crippen molar-refractivity contribution in [2.24, 2.45) is 0 Å². The van der Waals surface area contributed by atoms with Crippen molar-refractivity contribution in [3.63, 3.8) is 0 Å². The molecule has 0 amide bonds. The number of aryl methyl sites for hydroxylation is 1. The molecule has 0 aliphatic rings. The third-order valence-electron chi connectivity index (χ3n) is 3.00. The van der Waals surface area contributed by atoms with Crippen molar-refractivity contribution in [2.45, 2.75) is 24.3 Å². The third kappa shape index (κ3) is 8.09. The van der Waals surface area contributed by atoms with Gasteiger partial charge in [-0.1, -0.05) is 48.0 Å². The van der Waals surface area contributed by atoms with E-state index in [0.717, 1.165) is 11.1 Å². The summed E-state index contributed by atoms with van der Waals surface area (Å²) >= 11 is 4.90. The van der Waals surface area contributed by atoms with Crippen LogP contribution in [0.5, 0.6) is 0 Å². The summed E-state index contributed by atoms with van der Waals surface area (Å²) in [4.78, 5) is 0.114. The minimum Gasteiger partial charge on any atom is -0.458 e. The number of sulfonamides is 1. The first-order chi connectivity index (χ1) is 10.9. The van der Waals surface area contributed by atoms with Crippen molar-refractivity contribution in [1.29, 1.82) is 0 Å². The Bertz CT molecular complexity index is 681. The van der Waals surface area contributed by atoms with Gasteiger partial charge in [0.25, 0.3) is 0 Å². The number of benzene rings is 2. The van der Waals surface area contributed by atoms with Gasteiger partial charge in [-0.25, -0.2) is 8.42 Å². The summed E-state index contributed by atoms with van der Waals surface area (Å²) in [5.41, 5.74) is 1.85. The van der Waals surface area contributed by atoms with Crippen molar-refractivity contribution < 1.29 is 48.2 Å². The molecule has 0 aliphatic heterocycles. The molecule has 0 spiro atoms. The zero-order valence-corrected chi connectivity index (χ0v) is 17.2. The molecule has 126 valence electrons. The summed E-state index contributed by atoms with van der Waals surface area (Å²) in [5, 5.41) is 17.9. The molecular weight excluding hydrogens is 361 g/mol. The molecule has 1 atom stereocenters. The molecular formula is C16H19ClNNaO4S. The monoisotopic (exact) mass is 379 g/mol. The van der Waals surface area contributed by atoms with Crippen molar-refractivity contribution in [2.75, 3.05) is 6.61 Å². The number of halogens is 1. The Morgan fingerprint density at radius 3 is 2.08 bits per heavy atom. The van der Waals surface area contributed by atoms with Crippen LogP contribution in [0.1, 0.15) is 23.7 Å². The van der Waals surface area contributed by atoms with Crippen LogP contribution in [-0.4, -0.2) is 25.2 Å². The Hall–Kier alpha value is -0.440. The van der Waals surface area contributed by atoms with Crippen LogP contribution in [0.3, 0.4) is 0 Å². The van der Waals surface area contributed by atoms with E-state index in [1.54, 1.807) is 12.1 Å². The standard InChI is InChI=1S/C9H12O2.C7H7ClNO2S.Na/c10-7-6-9(11)8-4-2-1-3-5-8;1-6-2-4-7(5-3-6)12(10,11)9-8;/h1-5,9-11H,6-7H2;2-5H,1H3;/q;-1;+1. The van der Waals surface area contributed by atoms with E-state index in [2.05, 4.69) is 4.24 Å². The first-order valence-corrected chi connectivity index (χ1v) is 8.67. The zero-order valence-electron chi connectivity index (χ0n) is 13.6. The van der Waals surface area contributed by atoms with Crippen LogP contribution in [0.15, 0.2) is 59.5 Å². The molecule has 0 fully saturated rings. The molecule has 0 saturated heterocycles. The molecule has 5 nitrogen and oxygen atoms in total. The summed E-state index contributed by atoms with van der Waals surface area (Å²) in [6.45, 7) is 1.89. The molecule has 2 aromatic carbocycles. The largest absolute Gasteiger partial charge is 1.00 e. The van der Waals surface area contributed by atoms with Crippen LogP contribution in [0, 0.1) is 6.92 Å². The van der Waals surface area contributed by atoms with E-state index in [4.69, 9.17) is 16.9 Å². The third-order valence-corrected chi connectivity index (χ3v) is 4.59. The predicted octanol–water partition coefficient (Wildman–Crippen LogP) is 0.318. The summed E-state index contributed by atoms with van der Waals surface area (Å²) in [7, 11) is -3.62. The van der Waals surface area contributed by atoms with E-state index in [0.29, 0.717) is 6.42 Å². The normalized spacial score (nSPS) is 11.7. The Labute approximate surface area is 170 Å². The SMILES string of the molecule is Cc1ccc(S(=O)(=O)[N-]Cl)cc1.OCCC(O)c1ccccc1.[Na+]. The topological polar surface area (TPSA) is 88.7 Å². The average Bonchev–Trinajstić information content (AvgIpc) is 2.57. The van der Waals surface area contributed by atoms with E-state index in [1.165, 1.54) is 12.1 Å². The van der Waals surface area contributed by atoms with E-state index < -0.39 is 16.1 Å². The fraction of sp³-hybridized carbons (Fsp3) is 0.250. The van der Waals surface area contributed by atoms with E-state index in [-0.39, 0.29) is 41.1 Å². The number of nitrogens with zero attached hydrogens (tertiary/aromatic N) is 1. The molecule has 2 N–H and O–H groups in total. The first kappa shape index (κ1) is 23.6. The van der Waals surface area contributed by atoms with Gasteiger partial charge in [-0.15, -0.1) is 0 Å². The average molecular weight is 380 g/mol. The van der Waals surface area contributed by atoms with Crippen LogP contribution >= 0.6 is 11.8 Å². The number of hydrogen-bond donors (Lipinski definition) is 2. The van der Waals surface area contributed by atoms with E-state index in [9.17, 15) is 13.5 Å². The maximum Gasteiger partial charge on any atom is 1.00 e. The van der Waals surface area contributed by atoms with Crippen LogP contribution in [0.25, 0.3) is 4.24 Å². The molecule has 0 heterocycles. The van der Waals surface area contributed by atoms with Gasteiger partial charge in [-0.05, 0) is 24.6 Å². The second kappa shape index (κ2) is 12.0. The van der Waals surface area contributed by atoms with Gasteiger partial charge in [0.1, 0.15) is 10.0 Å². The summed E-state index contributed by atoms with van der Waals surface area (Å²) in [5.74, 6) is 0. The number of aliphatic hydroxyl groups excluding tert-OH is 2. The number of hydrogen-bond acceptors (Lipinski definition) is 4. The van der Waals surface area contributed by atoms with Crippen LogP contribution < -0.4 is 29.6 Å². The van der Waals surface area contributed by atoms with E-state index in [1.807, 2.05) is 37.3 Å². The molecule has 24 heavy (non-hydrogen) atoms. The fourth-order valence-electron chi connectivity index (χ4n) is 1.71. The summed E-state index contributed by atoms with van der Waals surface area (Å²) in [6.07, 6.45) is -0.120. The smallest absolute Gasteiger partial charge is 0.458 e. The predicted molar refractivity (Wildman–Crippen MR) is 90.7 cm³/mol. The maximum atomic E-state index is 11.0. The fourth-order valence-corrected chi connectivity index (χ4v) is 2.51. The van der Waals surface area contributed by atoms with Crippen molar-refractivity contribution >= 4 is 21.8 Å². The Kier molecular flexibility index (Phi) is 11.8. The van der Waals surface area contributed by atoms with Crippen molar-refractivity contribution in [3.05, 3.63) is 70.0 Å². The molecule has 0 bridgehead atoms. The second-order valence-corrected chi connectivity index (χ2v) is 6.77. The zero-order chi connectivity index (χ0) is 17.3. The molecule has 0 radical (unpaired) electrons. The molecule has 2 aromatic rings. The Balaban J connectivity index is 0.000000425. The molecule has 0 aliphatic carbocycles. The Morgan fingerprint density at radius 1 is 1.08 bits per heavy atom. The quantitative estimate of drug-likeness (QED) is 0.732. The summed E-state index contributed by atoms with van der Waals surface area (Å²) < 4.78 is 24.8. The maximum absolute atomic E-state index is 11.0. The molecule has 0 saturated carbocycles. The van der Waals surface area contributed by atoms with Gasteiger partial charge in [0.2, 0.25) is 0 Å². The van der Waals surface area contributed by atoms with Gasteiger partial charge < -0.3 is 14.5 Å². The molecule has 0 aromatic heterocycles. The van der Waals surface area contributed by atoms with Crippen molar-refractivity contribution in [3.8, 4) is 0 Å². The number of aliphatic hydroxyl groups is 2. The molecule has 1 unspecified atom stereocenters. The summed E-state index contributed by atoms with van der Waals surface area (Å²) in [6, 6.07) is 15.7. The van der Waals surface area contributed by atoms with Gasteiger partial charge in [0.05, 0.1) is 6.10 Å². The van der Waals surface area contributed by atoms with Crippen LogP contribution in [0.4, 0.5) is 0 Å². The van der Waals surface area contributed by atoms with Gasteiger partial charge in [0.15, 0.2) is 0 Å². The van der Waals surface area contributed by atoms with Crippen LogP contribution in [0.2, 0.25) is 0 Å². The Morgan fingerprint density at radius 2 is 1.62 bits per heavy atom. The van der Waals surface area contributed by atoms with Gasteiger partial charge >= 0.3 is 29.6 Å². The van der Waals surface area contributed by atoms with E-state index >= 15 is 0 Å². The van der Waals surface area contributed by atoms with Crippen LogP contribution in [-0.2, 0) is 10.0 Å². The first-order valence-electron chi connectivity index (χ1n) is 6.89. The second-order valence-electron chi connectivity index (χ2n) is 4.80. The van der Waals surface area contributed by atoms with Gasteiger partial charge in [0, 0.05) is 17.9 Å². The molecule has 2 rings (SSSR count). The molecule has 8 heteroatoms.